The third-order valence-electron chi connectivity index (χ3n) is 6.18. The number of nitrogens with zero attached hydrogens (tertiary/aromatic N) is 5. The molecule has 1 saturated heterocycles. The van der Waals surface area contributed by atoms with Gasteiger partial charge in [0.25, 0.3) is 0 Å². The molecule has 0 radical (unpaired) electrons. The molecule has 2 aromatic heterocycles. The molecule has 11 heteroatoms. The molecule has 0 spiro atoms. The Hall–Kier alpha value is -2.95. The van der Waals surface area contributed by atoms with Crippen molar-refractivity contribution in [2.75, 3.05) is 18.1 Å². The summed E-state index contributed by atoms with van der Waals surface area (Å²) in [6.45, 7) is 7.89. The number of aromatic nitrogens is 4. The first kappa shape index (κ1) is 26.1. The predicted octanol–water partition coefficient (Wildman–Crippen LogP) is 4.85. The van der Waals surface area contributed by atoms with E-state index in [9.17, 15) is 14.0 Å². The van der Waals surface area contributed by atoms with E-state index >= 15 is 0 Å². The van der Waals surface area contributed by atoms with E-state index in [1.54, 1.807) is 21.7 Å². The van der Waals surface area contributed by atoms with Crippen molar-refractivity contribution in [3.05, 3.63) is 58.6 Å². The van der Waals surface area contributed by atoms with Crippen LogP contribution in [0.1, 0.15) is 22.3 Å². The van der Waals surface area contributed by atoms with E-state index in [0.29, 0.717) is 60.5 Å². The van der Waals surface area contributed by atoms with Gasteiger partial charge in [0.1, 0.15) is 24.1 Å². The highest BCUT2D eigenvalue weighted by molar-refractivity contribution is 6.76. The zero-order valence-electron chi connectivity index (χ0n) is 20.6. The summed E-state index contributed by atoms with van der Waals surface area (Å²) in [5.41, 5.74) is 2.02. The fraction of sp³-hybridized carbons (Fsp3) is 0.400. The van der Waals surface area contributed by atoms with Crippen LogP contribution in [0.4, 0.5) is 10.2 Å². The van der Waals surface area contributed by atoms with Crippen molar-refractivity contribution in [1.82, 2.24) is 20.0 Å². The van der Waals surface area contributed by atoms with Gasteiger partial charge >= 0.3 is 0 Å². The molecule has 3 heterocycles. The molecule has 0 bridgehead atoms. The van der Waals surface area contributed by atoms with Gasteiger partial charge in [0, 0.05) is 32.7 Å². The molecular weight excluding hydrogens is 501 g/mol. The molecule has 1 aliphatic rings. The Kier molecular flexibility index (Phi) is 7.96. The molecular formula is C25H29ClFN5O3Si. The second-order valence-electron chi connectivity index (χ2n) is 10.1. The molecule has 1 fully saturated rings. The third kappa shape index (κ3) is 5.88. The van der Waals surface area contributed by atoms with Crippen LogP contribution in [0.25, 0.3) is 11.3 Å². The average Bonchev–Trinajstić information content (AvgIpc) is 3.38. The lowest BCUT2D eigenvalue weighted by Gasteiger charge is -2.20. The number of halogens is 2. The summed E-state index contributed by atoms with van der Waals surface area (Å²) in [6.07, 6.45) is 4.71. The van der Waals surface area contributed by atoms with Crippen LogP contribution in [-0.4, -0.2) is 53.4 Å². The molecule has 0 saturated carbocycles. The van der Waals surface area contributed by atoms with Gasteiger partial charge in [0.15, 0.2) is 6.29 Å². The van der Waals surface area contributed by atoms with E-state index in [4.69, 9.17) is 16.3 Å². The maximum absolute atomic E-state index is 13.9. The van der Waals surface area contributed by atoms with Crippen molar-refractivity contribution >= 4 is 37.7 Å². The van der Waals surface area contributed by atoms with Gasteiger partial charge in [-0.2, -0.15) is 15.3 Å². The van der Waals surface area contributed by atoms with Crippen LogP contribution >= 0.6 is 11.6 Å². The van der Waals surface area contributed by atoms with Crippen LogP contribution in [0, 0.1) is 11.7 Å². The van der Waals surface area contributed by atoms with Gasteiger partial charge in [0.05, 0.1) is 23.0 Å². The lowest BCUT2D eigenvalue weighted by Crippen LogP contribution is -2.31. The Labute approximate surface area is 215 Å². The molecule has 4 rings (SSSR count). The lowest BCUT2D eigenvalue weighted by atomic mass is 9.98. The number of aldehydes is 1. The van der Waals surface area contributed by atoms with Crippen LogP contribution < -0.4 is 4.90 Å². The van der Waals surface area contributed by atoms with E-state index < -0.39 is 13.9 Å². The second-order valence-corrected chi connectivity index (χ2v) is 16.1. The predicted molar refractivity (Wildman–Crippen MR) is 138 cm³/mol. The molecule has 0 aliphatic carbocycles. The Morgan fingerprint density at radius 2 is 2.06 bits per heavy atom. The largest absolute Gasteiger partial charge is 0.359 e. The molecule has 1 amide bonds. The third-order valence-corrected chi connectivity index (χ3v) is 8.20. The number of anilines is 1. The fourth-order valence-corrected chi connectivity index (χ4v) is 5.09. The highest BCUT2D eigenvalue weighted by Crippen LogP contribution is 2.35. The zero-order valence-corrected chi connectivity index (χ0v) is 22.3. The molecule has 8 nitrogen and oxygen atoms in total. The molecule has 1 atom stereocenters. The second kappa shape index (κ2) is 11.0. The van der Waals surface area contributed by atoms with Crippen molar-refractivity contribution in [2.24, 2.45) is 5.92 Å². The van der Waals surface area contributed by atoms with Crippen molar-refractivity contribution < 1.29 is 18.7 Å². The topological polar surface area (TPSA) is 90.2 Å². The molecule has 1 aromatic carbocycles. The van der Waals surface area contributed by atoms with Gasteiger partial charge < -0.3 is 4.74 Å². The summed E-state index contributed by atoms with van der Waals surface area (Å²) in [5.74, 6) is -0.605. The minimum Gasteiger partial charge on any atom is -0.359 e. The quantitative estimate of drug-likeness (QED) is 0.212. The minimum atomic E-state index is -1.29. The maximum atomic E-state index is 13.9. The van der Waals surface area contributed by atoms with E-state index in [2.05, 4.69) is 34.9 Å². The van der Waals surface area contributed by atoms with Crippen molar-refractivity contribution in [2.45, 2.75) is 45.3 Å². The van der Waals surface area contributed by atoms with Crippen LogP contribution in [0.5, 0.6) is 0 Å². The lowest BCUT2D eigenvalue weighted by molar-refractivity contribution is -0.120. The summed E-state index contributed by atoms with van der Waals surface area (Å²) in [6, 6.07) is 7.28. The molecule has 0 N–H and O–H groups in total. The molecule has 36 heavy (non-hydrogen) atoms. The average molecular weight is 530 g/mol. The van der Waals surface area contributed by atoms with E-state index in [-0.39, 0.29) is 23.6 Å². The van der Waals surface area contributed by atoms with Crippen LogP contribution in [0.3, 0.4) is 0 Å². The zero-order chi connectivity index (χ0) is 25.9. The Balaban J connectivity index is 1.63. The molecule has 1 unspecified atom stereocenters. The Morgan fingerprint density at radius 3 is 2.72 bits per heavy atom. The van der Waals surface area contributed by atoms with Crippen molar-refractivity contribution in [1.29, 1.82) is 0 Å². The Morgan fingerprint density at radius 1 is 1.25 bits per heavy atom. The first-order valence-electron chi connectivity index (χ1n) is 11.8. The number of amides is 1. The van der Waals surface area contributed by atoms with Gasteiger partial charge in [-0.25, -0.2) is 9.07 Å². The normalized spacial score (nSPS) is 16.1. The highest BCUT2D eigenvalue weighted by atomic mass is 35.5. The van der Waals surface area contributed by atoms with Crippen LogP contribution in [0.2, 0.25) is 30.7 Å². The van der Waals surface area contributed by atoms with Crippen molar-refractivity contribution in [3.63, 3.8) is 0 Å². The van der Waals surface area contributed by atoms with E-state index in [1.165, 1.54) is 24.5 Å². The summed E-state index contributed by atoms with van der Waals surface area (Å²) in [7, 11) is -1.29. The first-order chi connectivity index (χ1) is 17.2. The van der Waals surface area contributed by atoms with Gasteiger partial charge in [-0.1, -0.05) is 37.3 Å². The Bertz CT molecular complexity index is 1250. The van der Waals surface area contributed by atoms with Gasteiger partial charge in [-0.05, 0) is 42.6 Å². The monoisotopic (exact) mass is 529 g/mol. The van der Waals surface area contributed by atoms with Crippen molar-refractivity contribution in [3.8, 4) is 11.3 Å². The number of carbonyl (C=O) groups excluding carboxylic acids is 2. The SMILES string of the molecule is C[Si](C)(C)CCOCn1nc(-c2ccnnc2)c(C=O)c1N1CCC(Cc2ccc(Cl)c(F)c2)C1=O. The number of rotatable bonds is 10. The number of ether oxygens (including phenoxy) is 1. The number of benzene rings is 1. The summed E-state index contributed by atoms with van der Waals surface area (Å²) in [4.78, 5) is 27.4. The number of hydrogen-bond acceptors (Lipinski definition) is 6. The number of carbonyl (C=O) groups is 2. The minimum absolute atomic E-state index is 0.0462. The van der Waals surface area contributed by atoms with Crippen LogP contribution in [-0.2, 0) is 22.7 Å². The van der Waals surface area contributed by atoms with E-state index in [1.807, 2.05) is 0 Å². The first-order valence-corrected chi connectivity index (χ1v) is 15.9. The van der Waals surface area contributed by atoms with E-state index in [0.717, 1.165) is 6.04 Å². The smallest absolute Gasteiger partial charge is 0.231 e. The van der Waals surface area contributed by atoms with Crippen LogP contribution in [0.15, 0.2) is 36.7 Å². The molecule has 190 valence electrons. The maximum Gasteiger partial charge on any atom is 0.231 e. The number of hydrogen-bond donors (Lipinski definition) is 0. The highest BCUT2D eigenvalue weighted by Gasteiger charge is 2.37. The molecule has 3 aromatic rings. The molecule has 1 aliphatic heterocycles. The van der Waals surface area contributed by atoms with Gasteiger partial charge in [0.2, 0.25) is 5.91 Å². The summed E-state index contributed by atoms with van der Waals surface area (Å²) in [5, 5.41) is 12.4. The van der Waals surface area contributed by atoms with Gasteiger partial charge in [-0.3, -0.25) is 14.5 Å². The summed E-state index contributed by atoms with van der Waals surface area (Å²) >= 11 is 5.80. The fourth-order valence-electron chi connectivity index (χ4n) is 4.21. The summed E-state index contributed by atoms with van der Waals surface area (Å²) < 4.78 is 21.4. The van der Waals surface area contributed by atoms with Gasteiger partial charge in [-0.15, -0.1) is 0 Å². The standard InChI is InChI=1S/C25H29ClFN5O3Si/c1-36(2,3)11-10-35-16-32-24(20(15-33)23(30-32)19-6-8-28-29-14-19)31-9-7-18(25(31)34)12-17-4-5-21(26)22(27)13-17/h4-6,8,13-15,18H,7,9-12,16H2,1-3H3.